The molecule has 2 aromatic rings. The molecule has 0 aliphatic heterocycles. The molecule has 39 heavy (non-hydrogen) atoms. The number of aromatic amines is 1. The van der Waals surface area contributed by atoms with Crippen molar-refractivity contribution in [2.45, 2.75) is 96.2 Å². The summed E-state index contributed by atoms with van der Waals surface area (Å²) in [5, 5.41) is 0.778. The summed E-state index contributed by atoms with van der Waals surface area (Å²) in [7, 11) is -0.219. The van der Waals surface area contributed by atoms with Crippen molar-refractivity contribution < 1.29 is 14.0 Å². The Morgan fingerprint density at radius 3 is 2.38 bits per heavy atom. The molecule has 1 aromatic carbocycles. The minimum Gasteiger partial charge on any atom is -0.486 e. The van der Waals surface area contributed by atoms with Gasteiger partial charge in [0.15, 0.2) is 14.0 Å². The van der Waals surface area contributed by atoms with E-state index < -0.39 is 13.9 Å². The van der Waals surface area contributed by atoms with Gasteiger partial charge in [-0.1, -0.05) is 70.7 Å². The molecule has 1 saturated carbocycles. The molecule has 3 rings (SSSR count). The molecule has 0 bridgehead atoms. The number of likely N-dealkylation sites (N-methyl/N-ethyl adjacent to an activating group) is 1. The highest BCUT2D eigenvalue weighted by Gasteiger charge is 2.38. The summed E-state index contributed by atoms with van der Waals surface area (Å²) in [5.74, 6) is 0.176. The van der Waals surface area contributed by atoms with Crippen LogP contribution >= 0.6 is 11.6 Å². The highest BCUT2D eigenvalue weighted by molar-refractivity contribution is 6.74. The number of benzene rings is 1. The van der Waals surface area contributed by atoms with Crippen molar-refractivity contribution in [3.63, 3.8) is 0 Å². The van der Waals surface area contributed by atoms with E-state index in [1.54, 1.807) is 11.9 Å². The predicted octanol–water partition coefficient (Wildman–Crippen LogP) is 6.75. The van der Waals surface area contributed by atoms with Crippen molar-refractivity contribution in [1.29, 1.82) is 0 Å². The van der Waals surface area contributed by atoms with E-state index in [-0.39, 0.29) is 27.8 Å². The number of carbonyl (C=O) groups excluding carboxylic acids is 1. The lowest BCUT2D eigenvalue weighted by Crippen LogP contribution is -2.43. The van der Waals surface area contributed by atoms with E-state index in [4.69, 9.17) is 25.7 Å². The van der Waals surface area contributed by atoms with Gasteiger partial charge in [-0.15, -0.1) is 0 Å². The summed E-state index contributed by atoms with van der Waals surface area (Å²) in [6.45, 7) is 14.2. The summed E-state index contributed by atoms with van der Waals surface area (Å²) >= 11 is 6.16. The van der Waals surface area contributed by atoms with Gasteiger partial charge < -0.3 is 19.0 Å². The molecule has 0 unspecified atom stereocenters. The molecule has 1 aliphatic carbocycles. The molecule has 0 radical (unpaired) electrons. The van der Waals surface area contributed by atoms with Gasteiger partial charge in [0.2, 0.25) is 5.75 Å². The van der Waals surface area contributed by atoms with Crippen molar-refractivity contribution in [3.05, 3.63) is 56.7 Å². The summed E-state index contributed by atoms with van der Waals surface area (Å²) in [6.07, 6.45) is 6.42. The van der Waals surface area contributed by atoms with Crippen molar-refractivity contribution in [1.82, 2.24) is 14.9 Å². The molecule has 1 heterocycles. The van der Waals surface area contributed by atoms with Gasteiger partial charge in [-0.25, -0.2) is 4.98 Å². The van der Waals surface area contributed by atoms with Gasteiger partial charge in [-0.3, -0.25) is 9.59 Å². The van der Waals surface area contributed by atoms with Crippen LogP contribution < -0.4 is 10.3 Å². The van der Waals surface area contributed by atoms with Crippen LogP contribution in [0, 0.1) is 0 Å². The van der Waals surface area contributed by atoms with Crippen LogP contribution in [0.15, 0.2) is 29.1 Å². The Bertz CT molecular complexity index is 1170. The topological polar surface area (TPSA) is 84.5 Å². The SMILES string of the molecule is CCCCOc1c(C(=O)N(C)CCO[Si](C)(C)C(C)(C)C)nc(CC2(c3ccc(Cl)cc3)CCCC2)[nH]c1=O. The van der Waals surface area contributed by atoms with Crippen molar-refractivity contribution in [2.24, 2.45) is 0 Å². The van der Waals surface area contributed by atoms with E-state index in [9.17, 15) is 9.59 Å². The molecule has 1 aliphatic rings. The monoisotopic (exact) mass is 575 g/mol. The van der Waals surface area contributed by atoms with Crippen LogP contribution in [0.2, 0.25) is 23.2 Å². The fourth-order valence-electron chi connectivity index (χ4n) is 4.87. The van der Waals surface area contributed by atoms with Gasteiger partial charge in [0.1, 0.15) is 5.82 Å². The zero-order chi connectivity index (χ0) is 28.8. The maximum absolute atomic E-state index is 13.7. The fraction of sp³-hybridized carbons (Fsp3) is 0.633. The summed E-state index contributed by atoms with van der Waals surface area (Å²) in [5.41, 5.74) is 0.690. The first-order valence-electron chi connectivity index (χ1n) is 14.2. The van der Waals surface area contributed by atoms with Gasteiger partial charge in [-0.2, -0.15) is 0 Å². The number of halogens is 1. The Morgan fingerprint density at radius 2 is 1.79 bits per heavy atom. The number of nitrogens with zero attached hydrogens (tertiary/aromatic N) is 2. The van der Waals surface area contributed by atoms with Crippen molar-refractivity contribution in [3.8, 4) is 5.75 Å². The van der Waals surface area contributed by atoms with Crippen LogP contribution in [0.4, 0.5) is 0 Å². The maximum atomic E-state index is 13.7. The van der Waals surface area contributed by atoms with Crippen LogP contribution in [0.3, 0.4) is 0 Å². The number of unbranched alkanes of at least 4 members (excludes halogenated alkanes) is 1. The Morgan fingerprint density at radius 1 is 1.15 bits per heavy atom. The minimum absolute atomic E-state index is 0.00123. The first kappa shape index (κ1) is 31.4. The first-order chi connectivity index (χ1) is 18.3. The lowest BCUT2D eigenvalue weighted by Gasteiger charge is -2.36. The number of carbonyl (C=O) groups is 1. The Kier molecular flexibility index (Phi) is 10.5. The molecular formula is C30H46ClN3O4Si. The summed E-state index contributed by atoms with van der Waals surface area (Å²) in [4.78, 5) is 36.2. The number of hydrogen-bond donors (Lipinski definition) is 1. The summed E-state index contributed by atoms with van der Waals surface area (Å²) < 4.78 is 12.1. The van der Waals surface area contributed by atoms with Crippen LogP contribution in [0.5, 0.6) is 5.75 Å². The number of nitrogens with one attached hydrogen (secondary N) is 1. The van der Waals surface area contributed by atoms with Crippen LogP contribution in [-0.4, -0.2) is 55.9 Å². The number of H-pyrrole nitrogens is 1. The highest BCUT2D eigenvalue weighted by Crippen LogP contribution is 2.43. The van der Waals surface area contributed by atoms with E-state index in [1.807, 2.05) is 12.1 Å². The minimum atomic E-state index is -1.94. The number of aromatic nitrogens is 2. The average Bonchev–Trinajstić information content (AvgIpc) is 3.33. The van der Waals surface area contributed by atoms with Crippen molar-refractivity contribution >= 4 is 25.8 Å². The molecule has 1 amide bonds. The lowest BCUT2D eigenvalue weighted by molar-refractivity contribution is 0.0758. The van der Waals surface area contributed by atoms with E-state index in [2.05, 4.69) is 57.9 Å². The van der Waals surface area contributed by atoms with Gasteiger partial charge >= 0.3 is 0 Å². The fourth-order valence-corrected chi connectivity index (χ4v) is 6.03. The second-order valence-corrected chi connectivity index (χ2v) is 17.6. The molecular weight excluding hydrogens is 530 g/mol. The molecule has 1 fully saturated rings. The van der Waals surface area contributed by atoms with Gasteiger partial charge in [0, 0.05) is 30.5 Å². The van der Waals surface area contributed by atoms with E-state index in [0.717, 1.165) is 38.5 Å². The third-order valence-electron chi connectivity index (χ3n) is 8.44. The van der Waals surface area contributed by atoms with E-state index >= 15 is 0 Å². The first-order valence-corrected chi connectivity index (χ1v) is 17.5. The normalized spacial score (nSPS) is 15.4. The molecule has 1 aromatic heterocycles. The number of amides is 1. The van der Waals surface area contributed by atoms with Crippen molar-refractivity contribution in [2.75, 3.05) is 26.8 Å². The largest absolute Gasteiger partial charge is 0.486 e. The average molecular weight is 576 g/mol. The number of hydrogen-bond acceptors (Lipinski definition) is 5. The van der Waals surface area contributed by atoms with E-state index in [0.29, 0.717) is 37.0 Å². The number of rotatable bonds is 12. The second kappa shape index (κ2) is 13.0. The predicted molar refractivity (Wildman–Crippen MR) is 161 cm³/mol. The zero-order valence-corrected chi connectivity index (χ0v) is 26.5. The van der Waals surface area contributed by atoms with Crippen LogP contribution in [0.25, 0.3) is 0 Å². The third-order valence-corrected chi connectivity index (χ3v) is 13.2. The Hall–Kier alpha value is -2.16. The van der Waals surface area contributed by atoms with Gasteiger partial charge in [-0.05, 0) is 55.1 Å². The van der Waals surface area contributed by atoms with E-state index in [1.165, 1.54) is 5.56 Å². The molecule has 7 nitrogen and oxygen atoms in total. The molecule has 1 N–H and O–H groups in total. The standard InChI is InChI=1S/C30H46ClN3O4Si/c1-8-9-19-37-26-25(28(36)34(5)18-20-38-39(6,7)29(2,3)4)32-24(33-27(26)35)21-30(16-10-11-17-30)22-12-14-23(31)15-13-22/h12-15H,8-11,16-21H2,1-7H3,(H,32,33,35). The molecule has 0 saturated heterocycles. The maximum Gasteiger partial charge on any atom is 0.294 e. The third kappa shape index (κ3) is 7.73. The molecule has 0 atom stereocenters. The second-order valence-electron chi connectivity index (χ2n) is 12.4. The van der Waals surface area contributed by atoms with Crippen LogP contribution in [0.1, 0.15) is 88.1 Å². The van der Waals surface area contributed by atoms with Gasteiger partial charge in [0.25, 0.3) is 11.5 Å². The smallest absolute Gasteiger partial charge is 0.294 e. The quantitative estimate of drug-likeness (QED) is 0.223. The molecule has 216 valence electrons. The van der Waals surface area contributed by atoms with Crippen LogP contribution in [-0.2, 0) is 16.3 Å². The lowest BCUT2D eigenvalue weighted by atomic mass is 9.76. The molecule has 9 heteroatoms. The zero-order valence-electron chi connectivity index (χ0n) is 24.8. The number of ether oxygens (including phenoxy) is 1. The highest BCUT2D eigenvalue weighted by atomic mass is 35.5. The molecule has 0 spiro atoms. The van der Waals surface area contributed by atoms with Gasteiger partial charge in [0.05, 0.1) is 13.2 Å². The Labute approximate surface area is 239 Å². The Balaban J connectivity index is 1.89. The summed E-state index contributed by atoms with van der Waals surface area (Å²) in [6, 6.07) is 7.95.